The van der Waals surface area contributed by atoms with Gasteiger partial charge in [-0.25, -0.2) is 19.4 Å². The number of nitrogens with one attached hydrogen (secondary N) is 3. The van der Waals surface area contributed by atoms with Crippen LogP contribution in [0.25, 0.3) is 27.8 Å². The predicted molar refractivity (Wildman–Crippen MR) is 229 cm³/mol. The lowest BCUT2D eigenvalue weighted by Gasteiger charge is -2.38. The first-order chi connectivity index (χ1) is 29.1. The summed E-state index contributed by atoms with van der Waals surface area (Å²) in [5.74, 6) is 1.09. The minimum atomic E-state index is -0.496. The number of carbonyl (C=O) groups is 2. The number of aryl methyl sites for hydroxylation is 1. The van der Waals surface area contributed by atoms with Gasteiger partial charge in [0.05, 0.1) is 23.5 Å². The normalized spacial score (nSPS) is 13.9. The van der Waals surface area contributed by atoms with E-state index in [1.54, 1.807) is 47.4 Å². The van der Waals surface area contributed by atoms with Crippen molar-refractivity contribution in [3.63, 3.8) is 0 Å². The summed E-state index contributed by atoms with van der Waals surface area (Å²) in [6.45, 7) is 9.54. The lowest BCUT2D eigenvalue weighted by molar-refractivity contribution is -0.126. The van der Waals surface area contributed by atoms with Crippen LogP contribution in [0.5, 0.6) is 17.2 Å². The van der Waals surface area contributed by atoms with Crippen LogP contribution in [-0.4, -0.2) is 96.0 Å². The summed E-state index contributed by atoms with van der Waals surface area (Å²) in [6, 6.07) is 21.4. The number of aromatic hydroxyl groups is 3. The smallest absolute Gasteiger partial charge is 0.348 e. The molecule has 1 saturated heterocycles. The quantitative estimate of drug-likeness (QED) is 0.0955. The van der Waals surface area contributed by atoms with Gasteiger partial charge in [0.15, 0.2) is 5.82 Å². The standard InChI is InChI=1S/C44H46N10O6/c1-3-28-22-34(38(57)24-37(28)56)42-49-50-44(60)54(42)30-11-9-27(10-12-30)25-46-39(58)13-15-45-43-47-35-26-53(36-23-31(55)21-29-7-5-6-8-32(29)36)16-14-33(35)41(48-43)52-19-17-51(18-20-52)40(59)4-2/h4-12,21-24,55-57H,2-3,13-20,25-26H2,1H3,(H,46,58)(H,50,60)(H,45,47,48). The Balaban J connectivity index is 0.938. The van der Waals surface area contributed by atoms with E-state index in [0.29, 0.717) is 74.9 Å². The third-order valence-corrected chi connectivity index (χ3v) is 11.1. The minimum absolute atomic E-state index is 0.0379. The van der Waals surface area contributed by atoms with Crippen LogP contribution in [0.1, 0.15) is 35.7 Å². The van der Waals surface area contributed by atoms with Gasteiger partial charge in [-0.3, -0.25) is 9.59 Å². The molecule has 4 heterocycles. The van der Waals surface area contributed by atoms with Crippen molar-refractivity contribution in [3.05, 3.63) is 118 Å². The number of amides is 2. The molecule has 0 radical (unpaired) electrons. The molecule has 8 rings (SSSR count). The first-order valence-electron chi connectivity index (χ1n) is 20.0. The molecule has 6 aromatic rings. The Bertz CT molecular complexity index is 2650. The number of phenols is 3. The first kappa shape index (κ1) is 39.5. The van der Waals surface area contributed by atoms with E-state index in [4.69, 9.17) is 9.97 Å². The second-order valence-corrected chi connectivity index (χ2v) is 14.8. The molecule has 0 saturated carbocycles. The number of piperazine rings is 1. The summed E-state index contributed by atoms with van der Waals surface area (Å²) in [5.41, 5.74) is 4.54. The highest BCUT2D eigenvalue weighted by molar-refractivity contribution is 5.96. The van der Waals surface area contributed by atoms with E-state index in [1.165, 1.54) is 16.7 Å². The van der Waals surface area contributed by atoms with Gasteiger partial charge in [0.2, 0.25) is 17.8 Å². The van der Waals surface area contributed by atoms with E-state index < -0.39 is 5.69 Å². The van der Waals surface area contributed by atoms with Crippen LogP contribution in [0.15, 0.2) is 90.2 Å². The Labute approximate surface area is 345 Å². The number of carbonyl (C=O) groups excluding carboxylic acids is 2. The summed E-state index contributed by atoms with van der Waals surface area (Å²) in [5, 5.41) is 46.1. The summed E-state index contributed by atoms with van der Waals surface area (Å²) in [4.78, 5) is 54.3. The van der Waals surface area contributed by atoms with Crippen LogP contribution in [-0.2, 0) is 35.5 Å². The minimum Gasteiger partial charge on any atom is -0.508 e. The summed E-state index contributed by atoms with van der Waals surface area (Å²) >= 11 is 0. The number of hydrogen-bond donors (Lipinski definition) is 6. The van der Waals surface area contributed by atoms with Crippen LogP contribution >= 0.6 is 0 Å². The summed E-state index contributed by atoms with van der Waals surface area (Å²) in [6.07, 6.45) is 2.70. The molecule has 308 valence electrons. The van der Waals surface area contributed by atoms with Crippen molar-refractivity contribution in [1.29, 1.82) is 0 Å². The van der Waals surface area contributed by atoms with E-state index in [-0.39, 0.29) is 54.4 Å². The number of phenolic OH excluding ortho intramolecular Hbond substituents is 3. The maximum Gasteiger partial charge on any atom is 0.348 e. The third kappa shape index (κ3) is 8.03. The summed E-state index contributed by atoms with van der Waals surface area (Å²) < 4.78 is 1.34. The molecule has 0 unspecified atom stereocenters. The predicted octanol–water partition coefficient (Wildman–Crippen LogP) is 4.37. The van der Waals surface area contributed by atoms with E-state index >= 15 is 0 Å². The van der Waals surface area contributed by atoms with Gasteiger partial charge in [0.25, 0.3) is 0 Å². The molecule has 2 aliphatic heterocycles. The van der Waals surface area contributed by atoms with Crippen molar-refractivity contribution in [2.75, 3.05) is 54.4 Å². The van der Waals surface area contributed by atoms with Crippen LogP contribution < -0.4 is 26.1 Å². The van der Waals surface area contributed by atoms with E-state index in [2.05, 4.69) is 43.3 Å². The van der Waals surface area contributed by atoms with Gasteiger partial charge in [-0.15, -0.1) is 0 Å². The van der Waals surface area contributed by atoms with Crippen LogP contribution in [0.3, 0.4) is 0 Å². The highest BCUT2D eigenvalue weighted by Gasteiger charge is 2.29. The van der Waals surface area contributed by atoms with E-state index in [9.17, 15) is 29.7 Å². The SMILES string of the molecule is C=CC(=O)N1CCN(c2nc(NCCC(=O)NCc3ccc(-n4c(-c5cc(CC)c(O)cc5O)n[nH]c4=O)cc3)nc3c2CCN(c2cc(O)cc4ccccc24)C3)CC1. The number of anilines is 3. The van der Waals surface area contributed by atoms with Crippen molar-refractivity contribution in [3.8, 4) is 34.3 Å². The molecular formula is C44H46N10O6. The molecule has 1 fully saturated rings. The molecule has 2 amide bonds. The highest BCUT2D eigenvalue weighted by Crippen LogP contribution is 2.37. The Hall–Kier alpha value is -7.36. The Kier molecular flexibility index (Phi) is 11.1. The van der Waals surface area contributed by atoms with Crippen molar-refractivity contribution < 1.29 is 24.9 Å². The van der Waals surface area contributed by atoms with Gasteiger partial charge in [-0.05, 0) is 59.7 Å². The molecule has 16 heteroatoms. The van der Waals surface area contributed by atoms with Crippen molar-refractivity contribution in [2.24, 2.45) is 0 Å². The summed E-state index contributed by atoms with van der Waals surface area (Å²) in [7, 11) is 0. The number of rotatable bonds is 12. The fourth-order valence-corrected chi connectivity index (χ4v) is 7.90. The maximum absolute atomic E-state index is 13.0. The number of fused-ring (bicyclic) bond motifs is 2. The van der Waals surface area contributed by atoms with Crippen molar-refractivity contribution >= 4 is 40.0 Å². The van der Waals surface area contributed by atoms with Crippen LogP contribution in [0.2, 0.25) is 0 Å². The molecule has 0 aliphatic carbocycles. The lowest BCUT2D eigenvalue weighted by atomic mass is 10.0. The Morgan fingerprint density at radius 2 is 1.70 bits per heavy atom. The topological polar surface area (TPSA) is 205 Å². The monoisotopic (exact) mass is 810 g/mol. The Morgan fingerprint density at radius 3 is 2.47 bits per heavy atom. The molecule has 60 heavy (non-hydrogen) atoms. The second-order valence-electron chi connectivity index (χ2n) is 14.8. The molecular weight excluding hydrogens is 765 g/mol. The fourth-order valence-electron chi connectivity index (χ4n) is 7.90. The second kappa shape index (κ2) is 16.9. The third-order valence-electron chi connectivity index (χ3n) is 11.1. The van der Waals surface area contributed by atoms with Gasteiger partial charge in [0.1, 0.15) is 23.1 Å². The van der Waals surface area contributed by atoms with Gasteiger partial charge in [0, 0.05) is 81.0 Å². The molecule has 0 bridgehead atoms. The number of aromatic nitrogens is 5. The zero-order valence-corrected chi connectivity index (χ0v) is 33.2. The maximum atomic E-state index is 13.0. The number of hydrogen-bond acceptors (Lipinski definition) is 12. The van der Waals surface area contributed by atoms with Gasteiger partial charge < -0.3 is 40.7 Å². The number of benzene rings is 4. The molecule has 4 aromatic carbocycles. The molecule has 2 aliphatic rings. The van der Waals surface area contributed by atoms with Crippen molar-refractivity contribution in [1.82, 2.24) is 34.9 Å². The number of aromatic amines is 1. The molecule has 2 aromatic heterocycles. The molecule has 6 N–H and O–H groups in total. The Morgan fingerprint density at radius 1 is 0.917 bits per heavy atom. The van der Waals surface area contributed by atoms with Crippen molar-refractivity contribution in [2.45, 2.75) is 39.3 Å². The first-order valence-corrected chi connectivity index (χ1v) is 20.0. The van der Waals surface area contributed by atoms with E-state index in [0.717, 1.165) is 39.1 Å². The lowest BCUT2D eigenvalue weighted by Crippen LogP contribution is -2.49. The average molecular weight is 811 g/mol. The van der Waals surface area contributed by atoms with Crippen LogP contribution in [0.4, 0.5) is 17.5 Å². The molecule has 16 nitrogen and oxygen atoms in total. The fraction of sp³-hybridized carbons (Fsp3) is 0.273. The number of nitrogens with zero attached hydrogens (tertiary/aromatic N) is 7. The van der Waals surface area contributed by atoms with Gasteiger partial charge in [-0.1, -0.05) is 49.9 Å². The van der Waals surface area contributed by atoms with Gasteiger partial charge >= 0.3 is 5.69 Å². The zero-order valence-electron chi connectivity index (χ0n) is 33.2. The molecule has 0 spiro atoms. The van der Waals surface area contributed by atoms with Gasteiger partial charge in [-0.2, -0.15) is 10.1 Å². The van der Waals surface area contributed by atoms with E-state index in [1.807, 2.05) is 25.1 Å². The largest absolute Gasteiger partial charge is 0.508 e. The average Bonchev–Trinajstić information content (AvgIpc) is 3.65. The zero-order chi connectivity index (χ0) is 41.9. The highest BCUT2D eigenvalue weighted by atomic mass is 16.3. The number of H-pyrrole nitrogens is 1. The van der Waals surface area contributed by atoms with Crippen LogP contribution in [0, 0.1) is 0 Å². The molecule has 0 atom stereocenters.